The zero-order valence-electron chi connectivity index (χ0n) is 27.2. The van der Waals surface area contributed by atoms with Gasteiger partial charge in [-0.25, -0.2) is 0 Å². The van der Waals surface area contributed by atoms with Gasteiger partial charge in [0.1, 0.15) is 5.75 Å². The van der Waals surface area contributed by atoms with E-state index in [-0.39, 0.29) is 11.5 Å². The van der Waals surface area contributed by atoms with Crippen LogP contribution >= 0.6 is 0 Å². The van der Waals surface area contributed by atoms with E-state index >= 15 is 0 Å². The second-order valence-electron chi connectivity index (χ2n) is 13.7. The van der Waals surface area contributed by atoms with Gasteiger partial charge in [0, 0.05) is 33.8 Å². The van der Waals surface area contributed by atoms with Gasteiger partial charge < -0.3 is 10.0 Å². The molecule has 0 heterocycles. The zero-order chi connectivity index (χ0) is 32.0. The van der Waals surface area contributed by atoms with Gasteiger partial charge in [0.25, 0.3) is 0 Å². The highest BCUT2D eigenvalue weighted by Gasteiger charge is 2.37. The first-order chi connectivity index (χ1) is 23.0. The second kappa shape index (κ2) is 11.9. The van der Waals surface area contributed by atoms with E-state index in [4.69, 9.17) is 0 Å². The van der Waals surface area contributed by atoms with E-state index in [1.165, 1.54) is 47.1 Å². The average Bonchev–Trinajstić information content (AvgIpc) is 3.37. The largest absolute Gasteiger partial charge is 0.507 e. The number of aromatic hydroxyl groups is 1. The Hall–Kier alpha value is -5.08. The fourth-order valence-corrected chi connectivity index (χ4v) is 7.99. The molecule has 8 rings (SSSR count). The first-order valence-corrected chi connectivity index (χ1v) is 17.1. The van der Waals surface area contributed by atoms with Crippen molar-refractivity contribution < 1.29 is 5.11 Å². The fourth-order valence-electron chi connectivity index (χ4n) is 7.99. The van der Waals surface area contributed by atoms with Crippen molar-refractivity contribution in [3.05, 3.63) is 162 Å². The molecule has 1 N–H and O–H groups in total. The molecule has 2 atom stereocenters. The molecule has 3 aliphatic carbocycles. The quantitative estimate of drug-likeness (QED) is 0.193. The van der Waals surface area contributed by atoms with Crippen LogP contribution in [0, 0.1) is 5.92 Å². The Bertz CT molecular complexity index is 2030. The number of nitrogens with zero attached hydrogens (tertiary/aromatic N) is 1. The summed E-state index contributed by atoms with van der Waals surface area (Å²) in [6, 6.07) is 41.2. The predicted octanol–water partition coefficient (Wildman–Crippen LogP) is 11.8. The van der Waals surface area contributed by atoms with Gasteiger partial charge in [0.2, 0.25) is 0 Å². The molecular weight excluding hydrogens is 571 g/mol. The van der Waals surface area contributed by atoms with Crippen LogP contribution in [0.15, 0.2) is 151 Å². The van der Waals surface area contributed by atoms with Crippen LogP contribution in [-0.2, 0) is 5.41 Å². The third-order valence-electron chi connectivity index (χ3n) is 10.5. The summed E-state index contributed by atoms with van der Waals surface area (Å²) in [5, 5.41) is 11.9. The molecule has 3 aliphatic rings. The van der Waals surface area contributed by atoms with Crippen molar-refractivity contribution in [2.24, 2.45) is 5.92 Å². The molecule has 5 aromatic carbocycles. The summed E-state index contributed by atoms with van der Waals surface area (Å²) >= 11 is 0. The van der Waals surface area contributed by atoms with E-state index in [9.17, 15) is 5.11 Å². The number of rotatable bonds is 6. The number of hydrogen-bond acceptors (Lipinski definition) is 2. The lowest BCUT2D eigenvalue weighted by Crippen LogP contribution is -2.30. The highest BCUT2D eigenvalue weighted by Crippen LogP contribution is 2.54. The van der Waals surface area contributed by atoms with Crippen molar-refractivity contribution in [2.75, 3.05) is 4.90 Å². The third-order valence-corrected chi connectivity index (χ3v) is 10.5. The van der Waals surface area contributed by atoms with Gasteiger partial charge in [-0.2, -0.15) is 0 Å². The molecule has 0 aromatic heterocycles. The van der Waals surface area contributed by atoms with Crippen LogP contribution in [0.5, 0.6) is 5.75 Å². The molecule has 2 heteroatoms. The van der Waals surface area contributed by atoms with E-state index in [1.807, 2.05) is 0 Å². The van der Waals surface area contributed by atoms with Crippen molar-refractivity contribution >= 4 is 11.4 Å². The minimum absolute atomic E-state index is 0.153. The maximum absolute atomic E-state index is 11.9. The summed E-state index contributed by atoms with van der Waals surface area (Å²) in [5.74, 6) is 0.892. The first-order valence-electron chi connectivity index (χ1n) is 17.1. The molecular formula is C45H41NO. The van der Waals surface area contributed by atoms with E-state index in [2.05, 4.69) is 164 Å². The van der Waals surface area contributed by atoms with Crippen molar-refractivity contribution in [2.45, 2.75) is 51.0 Å². The van der Waals surface area contributed by atoms with E-state index < -0.39 is 0 Å². The molecule has 0 radical (unpaired) electrons. The van der Waals surface area contributed by atoms with Gasteiger partial charge in [0.05, 0.1) is 6.04 Å². The third kappa shape index (κ3) is 5.22. The molecule has 0 saturated carbocycles. The number of phenolic OH excluding ortho intramolecular Hbond substituents is 1. The Labute approximate surface area is 279 Å². The summed E-state index contributed by atoms with van der Waals surface area (Å²) in [7, 11) is 0. The van der Waals surface area contributed by atoms with Gasteiger partial charge in [-0.15, -0.1) is 0 Å². The average molecular weight is 612 g/mol. The number of benzene rings is 5. The molecule has 0 spiro atoms. The second-order valence-corrected chi connectivity index (χ2v) is 13.7. The van der Waals surface area contributed by atoms with Gasteiger partial charge in [-0.3, -0.25) is 0 Å². The van der Waals surface area contributed by atoms with Gasteiger partial charge in [0.15, 0.2) is 0 Å². The van der Waals surface area contributed by atoms with Crippen LogP contribution in [0.1, 0.15) is 50.7 Å². The summed E-state index contributed by atoms with van der Waals surface area (Å²) in [6.07, 6.45) is 16.6. The lowest BCUT2D eigenvalue weighted by Gasteiger charge is -2.34. The first kappa shape index (κ1) is 29.3. The molecule has 0 bridgehead atoms. The normalized spacial score (nSPS) is 19.1. The summed E-state index contributed by atoms with van der Waals surface area (Å²) in [6.45, 7) is 4.50. The molecule has 0 aliphatic heterocycles. The molecule has 232 valence electrons. The SMILES string of the molecule is CC1(C)c2ccccc2-c2c1ccc(-c1cccc(N(c3ccc(-c4ccccc4)cc3)C3C=CC(C4C=CCCC4)=CC3)c1)c2O. The van der Waals surface area contributed by atoms with Crippen LogP contribution < -0.4 is 4.90 Å². The minimum Gasteiger partial charge on any atom is -0.507 e. The summed E-state index contributed by atoms with van der Waals surface area (Å²) in [4.78, 5) is 2.46. The highest BCUT2D eigenvalue weighted by atomic mass is 16.3. The predicted molar refractivity (Wildman–Crippen MR) is 197 cm³/mol. The Morgan fingerprint density at radius 3 is 2.21 bits per heavy atom. The number of allylic oxidation sites excluding steroid dienone is 4. The maximum Gasteiger partial charge on any atom is 0.131 e. The van der Waals surface area contributed by atoms with Crippen LogP contribution in [0.3, 0.4) is 0 Å². The molecule has 0 fully saturated rings. The Morgan fingerprint density at radius 2 is 1.45 bits per heavy atom. The topological polar surface area (TPSA) is 23.5 Å². The smallest absolute Gasteiger partial charge is 0.131 e. The monoisotopic (exact) mass is 611 g/mol. The molecule has 2 nitrogen and oxygen atoms in total. The number of anilines is 2. The summed E-state index contributed by atoms with van der Waals surface area (Å²) in [5.41, 5.74) is 12.4. The number of fused-ring (bicyclic) bond motifs is 3. The van der Waals surface area contributed by atoms with E-state index in [0.717, 1.165) is 40.0 Å². The van der Waals surface area contributed by atoms with Gasteiger partial charge in [-0.05, 0) is 88.9 Å². The molecule has 47 heavy (non-hydrogen) atoms. The Kier molecular flexibility index (Phi) is 7.45. The molecule has 0 amide bonds. The molecule has 0 saturated heterocycles. The molecule has 5 aromatic rings. The maximum atomic E-state index is 11.9. The standard InChI is InChI=1S/C45H41NO/c1-45(2)41-19-10-9-18-40(41)43-42(45)29-28-39(44(43)47)35-16-11-17-38(30-35)46(36-24-20-33(21-25-36)31-12-5-3-6-13-31)37-26-22-34(23-27-37)32-14-7-4-8-15-32/h3,5-7,9-14,16-26,28-30,32,37,47H,4,8,15,27H2,1-2H3. The summed E-state index contributed by atoms with van der Waals surface area (Å²) < 4.78 is 0. The number of phenols is 1. The van der Waals surface area contributed by atoms with Crippen LogP contribution in [0.2, 0.25) is 0 Å². The van der Waals surface area contributed by atoms with Gasteiger partial charge >= 0.3 is 0 Å². The van der Waals surface area contributed by atoms with Crippen molar-refractivity contribution in [1.29, 1.82) is 0 Å². The fraction of sp³-hybridized carbons (Fsp3) is 0.200. The van der Waals surface area contributed by atoms with Crippen LogP contribution in [0.4, 0.5) is 11.4 Å². The van der Waals surface area contributed by atoms with Crippen molar-refractivity contribution in [3.8, 4) is 39.1 Å². The van der Waals surface area contributed by atoms with Crippen molar-refractivity contribution in [1.82, 2.24) is 0 Å². The Morgan fingerprint density at radius 1 is 0.681 bits per heavy atom. The van der Waals surface area contributed by atoms with E-state index in [1.54, 1.807) is 0 Å². The van der Waals surface area contributed by atoms with E-state index in [0.29, 0.717) is 11.7 Å². The zero-order valence-corrected chi connectivity index (χ0v) is 27.2. The Balaban J connectivity index is 1.19. The highest BCUT2D eigenvalue weighted by molar-refractivity contribution is 5.91. The lowest BCUT2D eigenvalue weighted by molar-refractivity contribution is 0.478. The minimum atomic E-state index is -0.153. The van der Waals surface area contributed by atoms with Crippen LogP contribution in [-0.4, -0.2) is 11.1 Å². The lowest BCUT2D eigenvalue weighted by atomic mass is 9.82. The van der Waals surface area contributed by atoms with Crippen LogP contribution in [0.25, 0.3) is 33.4 Å². The molecule has 2 unspecified atom stereocenters. The van der Waals surface area contributed by atoms with Gasteiger partial charge in [-0.1, -0.05) is 135 Å². The van der Waals surface area contributed by atoms with Crippen molar-refractivity contribution in [3.63, 3.8) is 0 Å². The number of hydrogen-bond donors (Lipinski definition) is 1.